The Kier molecular flexibility index (Phi) is 3.99. The molecule has 14 heavy (non-hydrogen) atoms. The summed E-state index contributed by atoms with van der Waals surface area (Å²) in [6.45, 7) is 3.53. The van der Waals surface area contributed by atoms with E-state index in [4.69, 9.17) is 5.14 Å². The molecule has 0 bridgehead atoms. The molecule has 0 atom stereocenters. The maximum Gasteiger partial charge on any atom is 0.215 e. The summed E-state index contributed by atoms with van der Waals surface area (Å²) in [7, 11) is -3.46. The fraction of sp³-hybridized carbons (Fsp3) is 0.571. The van der Waals surface area contributed by atoms with Gasteiger partial charge in [-0.25, -0.2) is 18.5 Å². The maximum absolute atomic E-state index is 10.8. The van der Waals surface area contributed by atoms with Crippen molar-refractivity contribution in [3.63, 3.8) is 0 Å². The second kappa shape index (κ2) is 4.83. The van der Waals surface area contributed by atoms with E-state index in [0.717, 1.165) is 12.2 Å². The Balaban J connectivity index is 2.59. The normalized spacial score (nSPS) is 11.9. The summed E-state index contributed by atoms with van der Waals surface area (Å²) >= 11 is 1.32. The first-order valence-corrected chi connectivity index (χ1v) is 6.75. The van der Waals surface area contributed by atoms with Gasteiger partial charge in [0.05, 0.1) is 5.69 Å². The Labute approximate surface area is 87.4 Å². The van der Waals surface area contributed by atoms with Crippen LogP contribution in [0.5, 0.6) is 0 Å². The zero-order chi connectivity index (χ0) is 10.6. The van der Waals surface area contributed by atoms with Crippen molar-refractivity contribution in [2.75, 3.05) is 6.54 Å². The molecular formula is C7H13N3O2S2. The van der Waals surface area contributed by atoms with Gasteiger partial charge in [0.2, 0.25) is 10.0 Å². The lowest BCUT2D eigenvalue weighted by atomic mass is 10.5. The Bertz CT molecular complexity index is 385. The number of hydrogen-bond acceptors (Lipinski definition) is 5. The Morgan fingerprint density at radius 1 is 1.64 bits per heavy atom. The van der Waals surface area contributed by atoms with Crippen molar-refractivity contribution in [3.05, 3.63) is 16.1 Å². The van der Waals surface area contributed by atoms with Crippen LogP contribution >= 0.6 is 11.3 Å². The van der Waals surface area contributed by atoms with Gasteiger partial charge < -0.3 is 5.32 Å². The molecule has 1 rings (SSSR count). The fourth-order valence-corrected chi connectivity index (χ4v) is 2.67. The van der Waals surface area contributed by atoms with Gasteiger partial charge in [0.1, 0.15) is 10.8 Å². The highest BCUT2D eigenvalue weighted by Gasteiger charge is 2.08. The second-order valence-electron chi connectivity index (χ2n) is 2.82. The highest BCUT2D eigenvalue weighted by molar-refractivity contribution is 7.88. The molecule has 5 nitrogen and oxygen atoms in total. The first-order valence-electron chi connectivity index (χ1n) is 4.15. The van der Waals surface area contributed by atoms with Crippen molar-refractivity contribution in [3.8, 4) is 0 Å². The van der Waals surface area contributed by atoms with E-state index in [9.17, 15) is 8.42 Å². The molecule has 0 aliphatic rings. The monoisotopic (exact) mass is 235 g/mol. The van der Waals surface area contributed by atoms with Gasteiger partial charge in [0, 0.05) is 11.9 Å². The van der Waals surface area contributed by atoms with Crippen molar-refractivity contribution >= 4 is 21.4 Å². The zero-order valence-corrected chi connectivity index (χ0v) is 9.49. The number of rotatable bonds is 5. The number of nitrogens with one attached hydrogen (secondary N) is 1. The van der Waals surface area contributed by atoms with E-state index in [1.54, 1.807) is 0 Å². The maximum atomic E-state index is 10.8. The smallest absolute Gasteiger partial charge is 0.215 e. The van der Waals surface area contributed by atoms with Gasteiger partial charge in [-0.2, -0.15) is 0 Å². The van der Waals surface area contributed by atoms with Crippen molar-refractivity contribution in [1.29, 1.82) is 0 Å². The summed E-state index contributed by atoms with van der Waals surface area (Å²) in [5.41, 5.74) is 0.857. The molecule has 0 unspecified atom stereocenters. The molecule has 3 N–H and O–H groups in total. The molecule has 1 aromatic rings. The van der Waals surface area contributed by atoms with Crippen LogP contribution in [0.1, 0.15) is 17.6 Å². The summed E-state index contributed by atoms with van der Waals surface area (Å²) in [6, 6.07) is 0. The Hall–Kier alpha value is -0.500. The average Bonchev–Trinajstić information content (AvgIpc) is 2.46. The first kappa shape index (κ1) is 11.6. The van der Waals surface area contributed by atoms with Gasteiger partial charge >= 0.3 is 0 Å². The predicted octanol–water partition coefficient (Wildman–Crippen LogP) is 0.0411. The first-order chi connectivity index (χ1) is 6.51. The molecule has 0 aromatic carbocycles. The van der Waals surface area contributed by atoms with Crippen LogP contribution in [0.25, 0.3) is 0 Å². The predicted molar refractivity (Wildman–Crippen MR) is 56.3 cm³/mol. The van der Waals surface area contributed by atoms with E-state index in [-0.39, 0.29) is 5.75 Å². The third-order valence-electron chi connectivity index (χ3n) is 1.48. The van der Waals surface area contributed by atoms with E-state index >= 15 is 0 Å². The van der Waals surface area contributed by atoms with Crippen molar-refractivity contribution in [2.24, 2.45) is 5.14 Å². The topological polar surface area (TPSA) is 85.1 Å². The molecule has 0 amide bonds. The summed E-state index contributed by atoms with van der Waals surface area (Å²) in [5.74, 6) is -0.177. The third-order valence-corrected chi connectivity index (χ3v) is 3.24. The van der Waals surface area contributed by atoms with Crippen molar-refractivity contribution in [2.45, 2.75) is 19.2 Å². The zero-order valence-electron chi connectivity index (χ0n) is 7.86. The molecule has 1 heterocycles. The van der Waals surface area contributed by atoms with Crippen LogP contribution in [0.3, 0.4) is 0 Å². The largest absolute Gasteiger partial charge is 0.311 e. The number of thiazole rings is 1. The number of primary sulfonamides is 1. The second-order valence-corrected chi connectivity index (χ2v) is 5.38. The van der Waals surface area contributed by atoms with Gasteiger partial charge in [0.25, 0.3) is 0 Å². The summed E-state index contributed by atoms with van der Waals surface area (Å²) in [6.07, 6.45) is 0. The molecule has 80 valence electrons. The lowest BCUT2D eigenvalue weighted by Gasteiger charge is -1.95. The standard InChI is InChI=1S/C7H13N3O2S2/c1-2-9-3-6-4-13-7(10-6)5-14(8,11)12/h4,9H,2-3,5H2,1H3,(H2,8,11,12). The third kappa shape index (κ3) is 4.14. The highest BCUT2D eigenvalue weighted by Crippen LogP contribution is 2.11. The SMILES string of the molecule is CCNCc1csc(CS(N)(=O)=O)n1. The van der Waals surface area contributed by atoms with Gasteiger partial charge in [-0.1, -0.05) is 6.92 Å². The average molecular weight is 235 g/mol. The lowest BCUT2D eigenvalue weighted by molar-refractivity contribution is 0.596. The minimum absolute atomic E-state index is 0.177. The summed E-state index contributed by atoms with van der Waals surface area (Å²) in [5, 5.41) is 10.4. The quantitative estimate of drug-likeness (QED) is 0.754. The van der Waals surface area contributed by atoms with Crippen LogP contribution in [0.4, 0.5) is 0 Å². The molecule has 0 spiro atoms. The van der Waals surface area contributed by atoms with E-state index in [0.29, 0.717) is 11.6 Å². The van der Waals surface area contributed by atoms with Crippen LogP contribution in [-0.4, -0.2) is 19.9 Å². The molecule has 0 saturated heterocycles. The van der Waals surface area contributed by atoms with Crippen molar-refractivity contribution < 1.29 is 8.42 Å². The van der Waals surface area contributed by atoms with E-state index in [1.807, 2.05) is 12.3 Å². The summed E-state index contributed by atoms with van der Waals surface area (Å²) < 4.78 is 21.5. The Morgan fingerprint density at radius 2 is 2.36 bits per heavy atom. The van der Waals surface area contributed by atoms with Crippen LogP contribution in [0.15, 0.2) is 5.38 Å². The molecule has 0 radical (unpaired) electrons. The van der Waals surface area contributed by atoms with Gasteiger partial charge in [0.15, 0.2) is 0 Å². The summed E-state index contributed by atoms with van der Waals surface area (Å²) in [4.78, 5) is 4.13. The highest BCUT2D eigenvalue weighted by atomic mass is 32.2. The van der Waals surface area contributed by atoms with Crippen molar-refractivity contribution in [1.82, 2.24) is 10.3 Å². The molecule has 0 saturated carbocycles. The van der Waals surface area contributed by atoms with Crippen LogP contribution in [-0.2, 0) is 22.3 Å². The number of hydrogen-bond donors (Lipinski definition) is 2. The molecule has 0 aliphatic carbocycles. The molecular weight excluding hydrogens is 222 g/mol. The van der Waals surface area contributed by atoms with Crippen LogP contribution < -0.4 is 10.5 Å². The van der Waals surface area contributed by atoms with E-state index in [2.05, 4.69) is 10.3 Å². The van der Waals surface area contributed by atoms with Gasteiger partial charge in [-0.05, 0) is 6.54 Å². The van der Waals surface area contributed by atoms with Crippen LogP contribution in [0.2, 0.25) is 0 Å². The van der Waals surface area contributed by atoms with E-state index in [1.165, 1.54) is 11.3 Å². The number of nitrogens with two attached hydrogens (primary N) is 1. The molecule has 0 fully saturated rings. The molecule has 7 heteroatoms. The Morgan fingerprint density at radius 3 is 2.93 bits per heavy atom. The minimum Gasteiger partial charge on any atom is -0.311 e. The van der Waals surface area contributed by atoms with Gasteiger partial charge in [-0.3, -0.25) is 0 Å². The molecule has 1 aromatic heterocycles. The van der Waals surface area contributed by atoms with Crippen LogP contribution in [0, 0.1) is 0 Å². The van der Waals surface area contributed by atoms with E-state index < -0.39 is 10.0 Å². The number of sulfonamides is 1. The minimum atomic E-state index is -3.46. The number of nitrogens with zero attached hydrogens (tertiary/aromatic N) is 1. The molecule has 0 aliphatic heterocycles. The fourth-order valence-electron chi connectivity index (χ4n) is 0.922. The number of aromatic nitrogens is 1. The van der Waals surface area contributed by atoms with Gasteiger partial charge in [-0.15, -0.1) is 11.3 Å². The lowest BCUT2D eigenvalue weighted by Crippen LogP contribution is -2.15.